The molecular formula is C18H20ClN3O. The molecule has 1 aliphatic heterocycles. The predicted octanol–water partition coefficient (Wildman–Crippen LogP) is 2.40. The smallest absolute Gasteiger partial charge is 0.225 e. The molecule has 4 nitrogen and oxygen atoms in total. The SMILES string of the molecule is O=C(NCCc1cccnc1)[C@@H]1CNC[C@H]1c1ccc(Cl)cc1. The molecule has 2 N–H and O–H groups in total. The third kappa shape index (κ3) is 4.09. The summed E-state index contributed by atoms with van der Waals surface area (Å²) in [5.74, 6) is 0.273. The Bertz CT molecular complexity index is 645. The number of pyridine rings is 1. The zero-order valence-corrected chi connectivity index (χ0v) is 13.6. The fraction of sp³-hybridized carbons (Fsp3) is 0.333. The van der Waals surface area contributed by atoms with Gasteiger partial charge in [-0.15, -0.1) is 0 Å². The second-order valence-corrected chi connectivity index (χ2v) is 6.26. The van der Waals surface area contributed by atoms with Gasteiger partial charge in [-0.25, -0.2) is 0 Å². The number of rotatable bonds is 5. The van der Waals surface area contributed by atoms with Gasteiger partial charge >= 0.3 is 0 Å². The lowest BCUT2D eigenvalue weighted by Gasteiger charge is -2.18. The van der Waals surface area contributed by atoms with E-state index < -0.39 is 0 Å². The van der Waals surface area contributed by atoms with Gasteiger partial charge in [0, 0.05) is 43.0 Å². The molecule has 2 aromatic rings. The molecule has 0 bridgehead atoms. The number of carbonyl (C=O) groups excluding carboxylic acids is 1. The van der Waals surface area contributed by atoms with E-state index in [1.165, 1.54) is 0 Å². The van der Waals surface area contributed by atoms with E-state index in [4.69, 9.17) is 11.6 Å². The minimum atomic E-state index is -0.0370. The molecule has 0 spiro atoms. The average Bonchev–Trinajstić information content (AvgIpc) is 3.06. The Morgan fingerprint density at radius 2 is 2.09 bits per heavy atom. The van der Waals surface area contributed by atoms with E-state index in [-0.39, 0.29) is 17.7 Å². The number of nitrogens with one attached hydrogen (secondary N) is 2. The zero-order valence-electron chi connectivity index (χ0n) is 12.8. The molecule has 0 radical (unpaired) electrons. The number of nitrogens with zero attached hydrogens (tertiary/aromatic N) is 1. The number of carbonyl (C=O) groups is 1. The lowest BCUT2D eigenvalue weighted by Crippen LogP contribution is -2.35. The van der Waals surface area contributed by atoms with E-state index in [0.717, 1.165) is 29.1 Å². The van der Waals surface area contributed by atoms with Gasteiger partial charge in [-0.1, -0.05) is 29.8 Å². The van der Waals surface area contributed by atoms with Crippen molar-refractivity contribution in [2.75, 3.05) is 19.6 Å². The number of benzene rings is 1. The van der Waals surface area contributed by atoms with Crippen LogP contribution in [0.4, 0.5) is 0 Å². The summed E-state index contributed by atoms with van der Waals surface area (Å²) in [7, 11) is 0. The standard InChI is InChI=1S/C18H20ClN3O/c19-15-5-3-14(4-6-15)16-11-21-12-17(16)18(23)22-9-7-13-2-1-8-20-10-13/h1-6,8,10,16-17,21H,7,9,11-12H2,(H,22,23)/t16-,17+/m0/s1. The van der Waals surface area contributed by atoms with Crippen LogP contribution in [-0.4, -0.2) is 30.5 Å². The lowest BCUT2D eigenvalue weighted by molar-refractivity contribution is -0.124. The molecule has 0 saturated carbocycles. The first-order valence-electron chi connectivity index (χ1n) is 7.87. The maximum absolute atomic E-state index is 12.5. The van der Waals surface area contributed by atoms with Crippen molar-refractivity contribution in [1.29, 1.82) is 0 Å². The van der Waals surface area contributed by atoms with Crippen LogP contribution in [0.15, 0.2) is 48.8 Å². The van der Waals surface area contributed by atoms with Crippen molar-refractivity contribution in [1.82, 2.24) is 15.6 Å². The molecule has 5 heteroatoms. The van der Waals surface area contributed by atoms with Crippen molar-refractivity contribution >= 4 is 17.5 Å². The number of amides is 1. The minimum absolute atomic E-state index is 0.0370. The van der Waals surface area contributed by atoms with Gasteiger partial charge in [-0.3, -0.25) is 9.78 Å². The van der Waals surface area contributed by atoms with Crippen LogP contribution in [0.3, 0.4) is 0 Å². The summed E-state index contributed by atoms with van der Waals surface area (Å²) in [5.41, 5.74) is 2.29. The van der Waals surface area contributed by atoms with E-state index >= 15 is 0 Å². The normalized spacial score (nSPS) is 20.4. The highest BCUT2D eigenvalue weighted by atomic mass is 35.5. The molecule has 2 atom stereocenters. The summed E-state index contributed by atoms with van der Waals surface area (Å²) < 4.78 is 0. The molecule has 1 aliphatic rings. The van der Waals surface area contributed by atoms with E-state index in [1.807, 2.05) is 42.6 Å². The Hall–Kier alpha value is -1.91. The fourth-order valence-electron chi connectivity index (χ4n) is 3.02. The summed E-state index contributed by atoms with van der Waals surface area (Å²) in [6.07, 6.45) is 4.38. The van der Waals surface area contributed by atoms with Gasteiger partial charge in [0.1, 0.15) is 0 Å². The number of aromatic nitrogens is 1. The van der Waals surface area contributed by atoms with Crippen molar-refractivity contribution in [3.8, 4) is 0 Å². The maximum Gasteiger partial charge on any atom is 0.225 e. The first kappa shape index (κ1) is 16.0. The summed E-state index contributed by atoms with van der Waals surface area (Å²) in [4.78, 5) is 16.6. The van der Waals surface area contributed by atoms with Crippen LogP contribution in [0.2, 0.25) is 5.02 Å². The molecule has 1 aromatic heterocycles. The molecule has 1 amide bonds. The second-order valence-electron chi connectivity index (χ2n) is 5.83. The Morgan fingerprint density at radius 1 is 1.26 bits per heavy atom. The highest BCUT2D eigenvalue weighted by Crippen LogP contribution is 2.29. The largest absolute Gasteiger partial charge is 0.355 e. The van der Waals surface area contributed by atoms with E-state index in [2.05, 4.69) is 15.6 Å². The third-order valence-corrected chi connectivity index (χ3v) is 4.54. The highest BCUT2D eigenvalue weighted by Gasteiger charge is 2.33. The molecule has 1 fully saturated rings. The molecule has 0 aliphatic carbocycles. The van der Waals surface area contributed by atoms with Gasteiger partial charge < -0.3 is 10.6 Å². The minimum Gasteiger partial charge on any atom is -0.355 e. The van der Waals surface area contributed by atoms with Gasteiger partial charge in [0.25, 0.3) is 0 Å². The zero-order chi connectivity index (χ0) is 16.1. The number of hydrogen-bond donors (Lipinski definition) is 2. The molecule has 1 saturated heterocycles. The van der Waals surface area contributed by atoms with Crippen molar-refractivity contribution in [2.24, 2.45) is 5.92 Å². The second kappa shape index (κ2) is 7.57. The van der Waals surface area contributed by atoms with Crippen LogP contribution in [-0.2, 0) is 11.2 Å². The predicted molar refractivity (Wildman–Crippen MR) is 91.5 cm³/mol. The van der Waals surface area contributed by atoms with E-state index in [0.29, 0.717) is 13.1 Å². The van der Waals surface area contributed by atoms with Crippen LogP contribution in [0.1, 0.15) is 17.0 Å². The Kier molecular flexibility index (Phi) is 5.26. The molecule has 120 valence electrons. The lowest BCUT2D eigenvalue weighted by atomic mass is 9.88. The maximum atomic E-state index is 12.5. The topological polar surface area (TPSA) is 54.0 Å². The molecule has 2 heterocycles. The highest BCUT2D eigenvalue weighted by molar-refractivity contribution is 6.30. The van der Waals surface area contributed by atoms with Gasteiger partial charge in [-0.2, -0.15) is 0 Å². The van der Waals surface area contributed by atoms with Crippen molar-refractivity contribution < 1.29 is 4.79 Å². The Balaban J connectivity index is 1.56. The fourth-order valence-corrected chi connectivity index (χ4v) is 3.15. The average molecular weight is 330 g/mol. The summed E-state index contributed by atoms with van der Waals surface area (Å²) in [5, 5.41) is 7.09. The summed E-state index contributed by atoms with van der Waals surface area (Å²) >= 11 is 5.94. The number of halogens is 1. The first-order chi connectivity index (χ1) is 11.2. The monoisotopic (exact) mass is 329 g/mol. The molecule has 3 rings (SSSR count). The van der Waals surface area contributed by atoms with Crippen molar-refractivity contribution in [3.05, 3.63) is 64.9 Å². The summed E-state index contributed by atoms with van der Waals surface area (Å²) in [6.45, 7) is 2.17. The Labute approximate surface area is 141 Å². The van der Waals surface area contributed by atoms with Crippen LogP contribution in [0.5, 0.6) is 0 Å². The molecular weight excluding hydrogens is 310 g/mol. The molecule has 0 unspecified atom stereocenters. The molecule has 1 aromatic carbocycles. The van der Waals surface area contributed by atoms with Gasteiger partial charge in [0.05, 0.1) is 5.92 Å². The van der Waals surface area contributed by atoms with Crippen LogP contribution in [0.25, 0.3) is 0 Å². The van der Waals surface area contributed by atoms with Crippen molar-refractivity contribution in [3.63, 3.8) is 0 Å². The summed E-state index contributed by atoms with van der Waals surface area (Å²) in [6, 6.07) is 11.7. The van der Waals surface area contributed by atoms with E-state index in [9.17, 15) is 4.79 Å². The van der Waals surface area contributed by atoms with Crippen LogP contribution in [0, 0.1) is 5.92 Å². The molecule has 23 heavy (non-hydrogen) atoms. The number of hydrogen-bond acceptors (Lipinski definition) is 3. The first-order valence-corrected chi connectivity index (χ1v) is 8.24. The van der Waals surface area contributed by atoms with E-state index in [1.54, 1.807) is 6.20 Å². The third-order valence-electron chi connectivity index (χ3n) is 4.28. The van der Waals surface area contributed by atoms with Crippen LogP contribution >= 0.6 is 11.6 Å². The quantitative estimate of drug-likeness (QED) is 0.885. The Morgan fingerprint density at radius 3 is 2.83 bits per heavy atom. The van der Waals surface area contributed by atoms with Crippen molar-refractivity contribution in [2.45, 2.75) is 12.3 Å². The van der Waals surface area contributed by atoms with Gasteiger partial charge in [0.2, 0.25) is 5.91 Å². The van der Waals surface area contributed by atoms with Gasteiger partial charge in [-0.05, 0) is 35.7 Å². The van der Waals surface area contributed by atoms with Crippen LogP contribution < -0.4 is 10.6 Å². The van der Waals surface area contributed by atoms with Gasteiger partial charge in [0.15, 0.2) is 0 Å².